The lowest BCUT2D eigenvalue weighted by Crippen LogP contribution is -2.44. The first-order valence-corrected chi connectivity index (χ1v) is 6.66. The fraction of sp³-hybridized carbons (Fsp3) is 0.467. The Morgan fingerprint density at radius 2 is 2.05 bits per heavy atom. The summed E-state index contributed by atoms with van der Waals surface area (Å²) in [5.41, 5.74) is 1.94. The number of halogens is 1. The summed E-state index contributed by atoms with van der Waals surface area (Å²) in [5.74, 6) is -1.28. The first-order valence-electron chi connectivity index (χ1n) is 6.66. The van der Waals surface area contributed by atoms with Crippen LogP contribution in [0.4, 0.5) is 4.39 Å². The molecule has 0 saturated carbocycles. The highest BCUT2D eigenvalue weighted by Crippen LogP contribution is 2.27. The van der Waals surface area contributed by atoms with Crippen LogP contribution in [0.5, 0.6) is 5.75 Å². The van der Waals surface area contributed by atoms with Crippen LogP contribution >= 0.6 is 0 Å². The van der Waals surface area contributed by atoms with Gasteiger partial charge in [0.25, 0.3) is 5.91 Å². The molecule has 0 heterocycles. The smallest absolute Gasteiger partial charge is 0.328 e. The number of hydrogen-bond acceptors (Lipinski definition) is 3. The molecule has 0 fully saturated rings. The maximum Gasteiger partial charge on any atom is 0.328 e. The normalized spacial score (nSPS) is 12.0. The van der Waals surface area contributed by atoms with Crippen LogP contribution in [0, 0.1) is 6.92 Å². The van der Waals surface area contributed by atoms with Gasteiger partial charge in [-0.15, -0.1) is 0 Å². The third-order valence-electron chi connectivity index (χ3n) is 2.94. The standard InChI is InChI=1S/C15H20FNO4/c1-9(2)11-5-4-10(3)6-13(11)21-8-14(18)17-12(7-16)15(19)20/h4-6,9,12H,7-8H2,1-3H3,(H,17,18)(H,19,20). The fourth-order valence-corrected chi connectivity index (χ4v) is 1.79. The quantitative estimate of drug-likeness (QED) is 0.807. The summed E-state index contributed by atoms with van der Waals surface area (Å²) in [7, 11) is 0. The number of carbonyl (C=O) groups is 2. The summed E-state index contributed by atoms with van der Waals surface area (Å²) >= 11 is 0. The Kier molecular flexibility index (Phi) is 6.14. The molecule has 0 saturated heterocycles. The van der Waals surface area contributed by atoms with Gasteiger partial charge in [0.05, 0.1) is 0 Å². The summed E-state index contributed by atoms with van der Waals surface area (Å²) in [4.78, 5) is 22.2. The van der Waals surface area contributed by atoms with Gasteiger partial charge in [0.15, 0.2) is 12.6 Å². The zero-order valence-corrected chi connectivity index (χ0v) is 12.4. The second-order valence-electron chi connectivity index (χ2n) is 5.10. The topological polar surface area (TPSA) is 75.6 Å². The van der Waals surface area contributed by atoms with Crippen LogP contribution in [-0.4, -0.2) is 36.3 Å². The van der Waals surface area contributed by atoms with E-state index in [-0.39, 0.29) is 12.5 Å². The number of alkyl halides is 1. The highest BCUT2D eigenvalue weighted by molar-refractivity contribution is 5.84. The lowest BCUT2D eigenvalue weighted by Gasteiger charge is -2.15. The van der Waals surface area contributed by atoms with Crippen molar-refractivity contribution < 1.29 is 23.8 Å². The average Bonchev–Trinajstić information content (AvgIpc) is 2.41. The average molecular weight is 297 g/mol. The Balaban J connectivity index is 2.68. The van der Waals surface area contributed by atoms with Crippen molar-refractivity contribution in [2.24, 2.45) is 0 Å². The molecule has 5 nitrogen and oxygen atoms in total. The number of aryl methyl sites for hydroxylation is 1. The molecule has 1 amide bonds. The zero-order chi connectivity index (χ0) is 16.0. The third-order valence-corrected chi connectivity index (χ3v) is 2.94. The molecule has 1 rings (SSSR count). The maximum absolute atomic E-state index is 12.4. The van der Waals surface area contributed by atoms with Crippen LogP contribution in [0.3, 0.4) is 0 Å². The van der Waals surface area contributed by atoms with Gasteiger partial charge in [0.1, 0.15) is 12.4 Å². The van der Waals surface area contributed by atoms with Crippen molar-refractivity contribution in [2.45, 2.75) is 32.7 Å². The van der Waals surface area contributed by atoms with Crippen molar-refractivity contribution in [1.82, 2.24) is 5.32 Å². The SMILES string of the molecule is Cc1ccc(C(C)C)c(OCC(=O)NC(CF)C(=O)O)c1. The number of carbonyl (C=O) groups excluding carboxylic acids is 1. The third kappa shape index (κ3) is 5.06. The minimum atomic E-state index is -1.54. The van der Waals surface area contributed by atoms with Crippen molar-refractivity contribution in [3.05, 3.63) is 29.3 Å². The van der Waals surface area contributed by atoms with E-state index in [1.807, 2.05) is 39.0 Å². The molecule has 6 heteroatoms. The van der Waals surface area contributed by atoms with Gasteiger partial charge in [-0.05, 0) is 30.0 Å². The second-order valence-corrected chi connectivity index (χ2v) is 5.10. The van der Waals surface area contributed by atoms with E-state index < -0.39 is 24.6 Å². The molecule has 0 aromatic heterocycles. The van der Waals surface area contributed by atoms with Crippen LogP contribution in [-0.2, 0) is 9.59 Å². The van der Waals surface area contributed by atoms with E-state index in [0.717, 1.165) is 11.1 Å². The van der Waals surface area contributed by atoms with Crippen LogP contribution in [0.25, 0.3) is 0 Å². The van der Waals surface area contributed by atoms with Gasteiger partial charge in [0.2, 0.25) is 0 Å². The van der Waals surface area contributed by atoms with Crippen LogP contribution in [0.1, 0.15) is 30.9 Å². The van der Waals surface area contributed by atoms with Crippen molar-refractivity contribution in [1.29, 1.82) is 0 Å². The van der Waals surface area contributed by atoms with E-state index in [2.05, 4.69) is 5.32 Å². The Labute approximate surface area is 123 Å². The van der Waals surface area contributed by atoms with Gasteiger partial charge in [-0.3, -0.25) is 4.79 Å². The highest BCUT2D eigenvalue weighted by atomic mass is 19.1. The number of carboxylic acid groups (broad SMARTS) is 1. The van der Waals surface area contributed by atoms with E-state index in [1.54, 1.807) is 0 Å². The molecule has 0 bridgehead atoms. The summed E-state index contributed by atoms with van der Waals surface area (Å²) < 4.78 is 17.9. The van der Waals surface area contributed by atoms with Gasteiger partial charge in [-0.25, -0.2) is 9.18 Å². The molecular formula is C15H20FNO4. The molecule has 0 spiro atoms. The molecule has 116 valence electrons. The lowest BCUT2D eigenvalue weighted by molar-refractivity contribution is -0.142. The zero-order valence-electron chi connectivity index (χ0n) is 12.4. The number of aliphatic carboxylic acids is 1. The van der Waals surface area contributed by atoms with Crippen molar-refractivity contribution in [2.75, 3.05) is 13.3 Å². The van der Waals surface area contributed by atoms with E-state index in [4.69, 9.17) is 9.84 Å². The van der Waals surface area contributed by atoms with Crippen LogP contribution < -0.4 is 10.1 Å². The molecule has 1 aromatic rings. The predicted molar refractivity (Wildman–Crippen MR) is 76.3 cm³/mol. The monoisotopic (exact) mass is 297 g/mol. The van der Waals surface area contributed by atoms with Crippen molar-refractivity contribution in [3.63, 3.8) is 0 Å². The first kappa shape index (κ1) is 16.9. The highest BCUT2D eigenvalue weighted by Gasteiger charge is 2.20. The number of nitrogens with one attached hydrogen (secondary N) is 1. The first-order chi connectivity index (χ1) is 9.85. The van der Waals surface area contributed by atoms with Gasteiger partial charge >= 0.3 is 5.97 Å². The minimum absolute atomic E-state index is 0.223. The largest absolute Gasteiger partial charge is 0.483 e. The van der Waals surface area contributed by atoms with E-state index in [1.165, 1.54) is 0 Å². The van der Waals surface area contributed by atoms with Gasteiger partial charge in [-0.2, -0.15) is 0 Å². The molecule has 1 atom stereocenters. The number of hydrogen-bond donors (Lipinski definition) is 2. The molecular weight excluding hydrogens is 277 g/mol. The van der Waals surface area contributed by atoms with Crippen molar-refractivity contribution in [3.8, 4) is 5.75 Å². The Hall–Kier alpha value is -2.11. The minimum Gasteiger partial charge on any atom is -0.483 e. The van der Waals surface area contributed by atoms with Crippen LogP contribution in [0.2, 0.25) is 0 Å². The molecule has 1 unspecified atom stereocenters. The second kappa shape index (κ2) is 7.61. The van der Waals surface area contributed by atoms with E-state index in [9.17, 15) is 14.0 Å². The molecule has 0 aliphatic carbocycles. The summed E-state index contributed by atoms with van der Waals surface area (Å²) in [6, 6.07) is 4.15. The van der Waals surface area contributed by atoms with Gasteiger partial charge in [-0.1, -0.05) is 26.0 Å². The number of carboxylic acids is 1. The lowest BCUT2D eigenvalue weighted by atomic mass is 10.0. The molecule has 1 aromatic carbocycles. The molecule has 0 aliphatic rings. The Morgan fingerprint density at radius 1 is 1.38 bits per heavy atom. The summed E-state index contributed by atoms with van der Waals surface area (Å²) in [6.07, 6.45) is 0. The number of amides is 1. The predicted octanol–water partition coefficient (Wildman–Crippen LogP) is 2.04. The number of benzene rings is 1. The summed E-state index contributed by atoms with van der Waals surface area (Å²) in [6.45, 7) is 4.39. The molecule has 0 radical (unpaired) electrons. The summed E-state index contributed by atoms with van der Waals surface area (Å²) in [5, 5.41) is 10.7. The Morgan fingerprint density at radius 3 is 2.57 bits per heavy atom. The fourth-order valence-electron chi connectivity index (χ4n) is 1.79. The number of ether oxygens (including phenoxy) is 1. The van der Waals surface area contributed by atoms with E-state index >= 15 is 0 Å². The maximum atomic E-state index is 12.4. The molecule has 21 heavy (non-hydrogen) atoms. The molecule has 2 N–H and O–H groups in total. The van der Waals surface area contributed by atoms with E-state index in [0.29, 0.717) is 5.75 Å². The number of rotatable bonds is 7. The Bertz CT molecular complexity index is 516. The molecule has 0 aliphatic heterocycles. The van der Waals surface area contributed by atoms with Gasteiger partial charge in [0, 0.05) is 0 Å². The van der Waals surface area contributed by atoms with Crippen LogP contribution in [0.15, 0.2) is 18.2 Å². The van der Waals surface area contributed by atoms with Crippen molar-refractivity contribution >= 4 is 11.9 Å². The van der Waals surface area contributed by atoms with Gasteiger partial charge < -0.3 is 15.2 Å².